The second-order valence-electron chi connectivity index (χ2n) is 6.93. The second-order valence-corrected chi connectivity index (χ2v) is 8.91. The maximum Gasteiger partial charge on any atom is 0.271 e. The van der Waals surface area contributed by atoms with Crippen molar-refractivity contribution in [2.75, 3.05) is 0 Å². The Bertz CT molecular complexity index is 1510. The number of rotatable bonds is 2. The maximum absolute atomic E-state index is 13.6. The van der Waals surface area contributed by atoms with Gasteiger partial charge < -0.3 is 0 Å². The topological polar surface area (TPSA) is 52.0 Å². The highest BCUT2D eigenvalue weighted by Gasteiger charge is 2.19. The fourth-order valence-corrected chi connectivity index (χ4v) is 5.17. The zero-order chi connectivity index (χ0) is 20.1. The van der Waals surface area contributed by atoms with Crippen LogP contribution in [-0.4, -0.2) is 9.55 Å². The monoisotopic (exact) mass is 416 g/mol. The molecule has 0 unspecified atom stereocenters. The van der Waals surface area contributed by atoms with Crippen molar-refractivity contribution in [1.82, 2.24) is 9.55 Å². The van der Waals surface area contributed by atoms with Gasteiger partial charge in [-0.3, -0.25) is 14.2 Å². The van der Waals surface area contributed by atoms with E-state index in [2.05, 4.69) is 0 Å². The first-order chi connectivity index (χ1) is 14.0. The number of thiophene rings is 1. The average molecular weight is 417 g/mol. The van der Waals surface area contributed by atoms with Crippen molar-refractivity contribution in [2.24, 2.45) is 0 Å². The summed E-state index contributed by atoms with van der Waals surface area (Å²) in [5, 5.41) is 2.66. The van der Waals surface area contributed by atoms with Gasteiger partial charge in [-0.2, -0.15) is 0 Å². The third-order valence-corrected chi connectivity index (χ3v) is 7.04. The summed E-state index contributed by atoms with van der Waals surface area (Å²) >= 11 is 2.90. The van der Waals surface area contributed by atoms with Gasteiger partial charge in [-0.1, -0.05) is 24.3 Å². The van der Waals surface area contributed by atoms with Crippen molar-refractivity contribution in [1.29, 1.82) is 0 Å². The molecule has 142 valence electrons. The lowest BCUT2D eigenvalue weighted by Gasteiger charge is -2.14. The molecule has 3 heterocycles. The molecule has 0 aliphatic carbocycles. The summed E-state index contributed by atoms with van der Waals surface area (Å²) in [7, 11) is 0. The molecular formula is C23H16N2O2S2. The lowest BCUT2D eigenvalue weighted by Crippen LogP contribution is -2.26. The Hall–Kier alpha value is -3.09. The highest BCUT2D eigenvalue weighted by molar-refractivity contribution is 7.24. The standard InChI is InChI=1S/C23H16N2O2S2/c1-13-9-10-15(12-14(13)2)25-21(18-8-5-11-28-18)24-22-19(23(25)27)20(26)16-6-3-4-7-17(16)29-22/h3-12H,1-2H3. The van der Waals surface area contributed by atoms with Gasteiger partial charge >= 0.3 is 0 Å². The molecule has 0 aliphatic heterocycles. The lowest BCUT2D eigenvalue weighted by atomic mass is 10.1. The first kappa shape index (κ1) is 18.0. The first-order valence-electron chi connectivity index (χ1n) is 9.15. The van der Waals surface area contributed by atoms with E-state index < -0.39 is 0 Å². The quantitative estimate of drug-likeness (QED) is 0.367. The van der Waals surface area contributed by atoms with Gasteiger partial charge in [0.1, 0.15) is 10.2 Å². The number of aromatic nitrogens is 2. The summed E-state index contributed by atoms with van der Waals surface area (Å²) in [4.78, 5) is 33.0. The molecule has 4 nitrogen and oxygen atoms in total. The Morgan fingerprint density at radius 2 is 1.76 bits per heavy atom. The van der Waals surface area contributed by atoms with E-state index in [0.29, 0.717) is 21.7 Å². The number of fused-ring (bicyclic) bond motifs is 2. The third-order valence-electron chi connectivity index (χ3n) is 5.11. The Labute approximate surface area is 174 Å². The number of hydrogen-bond donors (Lipinski definition) is 0. The first-order valence-corrected chi connectivity index (χ1v) is 10.8. The zero-order valence-corrected chi connectivity index (χ0v) is 17.4. The minimum atomic E-state index is -0.325. The molecule has 6 heteroatoms. The van der Waals surface area contributed by atoms with E-state index in [1.165, 1.54) is 22.7 Å². The van der Waals surface area contributed by atoms with Gasteiger partial charge in [0.15, 0.2) is 5.82 Å². The van der Waals surface area contributed by atoms with Gasteiger partial charge in [0.2, 0.25) is 5.43 Å². The molecule has 2 aromatic carbocycles. The van der Waals surface area contributed by atoms with E-state index in [-0.39, 0.29) is 16.4 Å². The van der Waals surface area contributed by atoms with E-state index >= 15 is 0 Å². The summed E-state index contributed by atoms with van der Waals surface area (Å²) < 4.78 is 2.40. The van der Waals surface area contributed by atoms with Gasteiger partial charge in [-0.25, -0.2) is 4.98 Å². The molecule has 0 saturated carbocycles. The Morgan fingerprint density at radius 1 is 0.931 bits per heavy atom. The van der Waals surface area contributed by atoms with Gasteiger partial charge in [0.05, 0.1) is 10.6 Å². The van der Waals surface area contributed by atoms with Crippen molar-refractivity contribution < 1.29 is 0 Å². The molecule has 29 heavy (non-hydrogen) atoms. The molecule has 5 rings (SSSR count). The van der Waals surface area contributed by atoms with Gasteiger partial charge in [-0.05, 0) is 60.7 Å². The normalized spacial score (nSPS) is 11.4. The van der Waals surface area contributed by atoms with Gasteiger partial charge in [-0.15, -0.1) is 22.7 Å². The van der Waals surface area contributed by atoms with Crippen LogP contribution < -0.4 is 11.0 Å². The third kappa shape index (κ3) is 2.84. The molecular weight excluding hydrogens is 400 g/mol. The fraction of sp³-hybridized carbons (Fsp3) is 0.0870. The predicted molar refractivity (Wildman–Crippen MR) is 122 cm³/mol. The number of benzene rings is 2. The molecule has 0 aliphatic rings. The zero-order valence-electron chi connectivity index (χ0n) is 15.8. The molecule has 3 aromatic heterocycles. The minimum Gasteiger partial charge on any atom is -0.288 e. The maximum atomic E-state index is 13.6. The van der Waals surface area contributed by atoms with Crippen molar-refractivity contribution in [3.05, 3.63) is 91.7 Å². The van der Waals surface area contributed by atoms with Gasteiger partial charge in [0.25, 0.3) is 5.56 Å². The number of aryl methyl sites for hydroxylation is 2. The van der Waals surface area contributed by atoms with Crippen LogP contribution in [0.5, 0.6) is 0 Å². The Balaban J connectivity index is 1.98. The van der Waals surface area contributed by atoms with Crippen LogP contribution >= 0.6 is 22.7 Å². The molecule has 0 radical (unpaired) electrons. The Kier molecular flexibility index (Phi) is 4.19. The molecule has 0 spiro atoms. The lowest BCUT2D eigenvalue weighted by molar-refractivity contribution is 0.977. The van der Waals surface area contributed by atoms with Crippen LogP contribution in [0.1, 0.15) is 11.1 Å². The van der Waals surface area contributed by atoms with E-state index in [4.69, 9.17) is 4.98 Å². The van der Waals surface area contributed by atoms with E-state index in [0.717, 1.165) is 20.7 Å². The summed E-state index contributed by atoms with van der Waals surface area (Å²) in [6.45, 7) is 4.04. The van der Waals surface area contributed by atoms with E-state index in [9.17, 15) is 9.59 Å². The predicted octanol–water partition coefficient (Wildman–Crippen LogP) is 5.31. The fourth-order valence-electron chi connectivity index (χ4n) is 3.43. The SMILES string of the molecule is Cc1ccc(-n2c(-c3cccs3)nc3sc4ccccc4c(=O)c3c2=O)cc1C. The second kappa shape index (κ2) is 6.76. The largest absolute Gasteiger partial charge is 0.288 e. The summed E-state index contributed by atoms with van der Waals surface area (Å²) in [5.74, 6) is 0.562. The van der Waals surface area contributed by atoms with Crippen LogP contribution in [0, 0.1) is 13.8 Å². The molecule has 0 atom stereocenters. The molecule has 0 amide bonds. The molecule has 0 fully saturated rings. The highest BCUT2D eigenvalue weighted by atomic mass is 32.1. The van der Waals surface area contributed by atoms with Crippen LogP contribution in [0.2, 0.25) is 0 Å². The van der Waals surface area contributed by atoms with Crippen LogP contribution in [0.4, 0.5) is 0 Å². The van der Waals surface area contributed by atoms with Crippen molar-refractivity contribution >= 4 is 43.0 Å². The van der Waals surface area contributed by atoms with Crippen molar-refractivity contribution in [2.45, 2.75) is 13.8 Å². The van der Waals surface area contributed by atoms with Crippen LogP contribution in [0.25, 0.3) is 36.7 Å². The van der Waals surface area contributed by atoms with Crippen LogP contribution in [0.15, 0.2) is 69.6 Å². The number of hydrogen-bond acceptors (Lipinski definition) is 5. The summed E-state index contributed by atoms with van der Waals surface area (Å²) in [5.41, 5.74) is 2.35. The summed E-state index contributed by atoms with van der Waals surface area (Å²) in [6.07, 6.45) is 0. The smallest absolute Gasteiger partial charge is 0.271 e. The molecule has 5 aromatic rings. The van der Waals surface area contributed by atoms with Crippen LogP contribution in [0.3, 0.4) is 0 Å². The molecule has 0 bridgehead atoms. The number of nitrogens with zero attached hydrogens (tertiary/aromatic N) is 2. The van der Waals surface area contributed by atoms with Crippen molar-refractivity contribution in [3.8, 4) is 16.4 Å². The van der Waals surface area contributed by atoms with Crippen molar-refractivity contribution in [3.63, 3.8) is 0 Å². The van der Waals surface area contributed by atoms with Gasteiger partial charge in [0, 0.05) is 10.1 Å². The Morgan fingerprint density at radius 3 is 2.52 bits per heavy atom. The molecule has 0 N–H and O–H groups in total. The highest BCUT2D eigenvalue weighted by Crippen LogP contribution is 2.29. The summed E-state index contributed by atoms with van der Waals surface area (Å²) in [6, 6.07) is 17.1. The van der Waals surface area contributed by atoms with E-state index in [1.54, 1.807) is 10.6 Å². The van der Waals surface area contributed by atoms with E-state index in [1.807, 2.05) is 67.8 Å². The molecule has 0 saturated heterocycles. The average Bonchev–Trinajstić information content (AvgIpc) is 3.25. The van der Waals surface area contributed by atoms with Crippen LogP contribution in [-0.2, 0) is 0 Å². The minimum absolute atomic E-state index is 0.146.